The molecular weight excluding hydrogens is 198 g/mol. The van der Waals surface area contributed by atoms with Crippen LogP contribution in [0.15, 0.2) is 23.9 Å². The Hall–Kier alpha value is -0.800. The van der Waals surface area contributed by atoms with E-state index in [9.17, 15) is 0 Å². The van der Waals surface area contributed by atoms with E-state index in [2.05, 4.69) is 35.1 Å². The van der Waals surface area contributed by atoms with Crippen LogP contribution in [0.3, 0.4) is 0 Å². The van der Waals surface area contributed by atoms with Gasteiger partial charge in [-0.2, -0.15) is 0 Å². The van der Waals surface area contributed by atoms with E-state index in [1.807, 2.05) is 0 Å². The summed E-state index contributed by atoms with van der Waals surface area (Å²) in [5, 5.41) is 6.88. The molecular formula is C13H23N3. The van der Waals surface area contributed by atoms with Gasteiger partial charge >= 0.3 is 0 Å². The van der Waals surface area contributed by atoms with E-state index in [1.54, 1.807) is 0 Å². The van der Waals surface area contributed by atoms with Crippen molar-refractivity contribution in [1.82, 2.24) is 15.5 Å². The maximum Gasteiger partial charge on any atom is 0.0833 e. The normalized spacial score (nSPS) is 26.8. The molecule has 0 spiro atoms. The summed E-state index contributed by atoms with van der Waals surface area (Å²) in [5.41, 5.74) is 2.58. The molecule has 0 saturated carbocycles. The summed E-state index contributed by atoms with van der Waals surface area (Å²) in [5.74, 6) is 0. The van der Waals surface area contributed by atoms with Gasteiger partial charge in [0.25, 0.3) is 0 Å². The summed E-state index contributed by atoms with van der Waals surface area (Å²) < 4.78 is 0. The van der Waals surface area contributed by atoms with Gasteiger partial charge in [0.2, 0.25) is 0 Å². The van der Waals surface area contributed by atoms with Crippen LogP contribution in [0.1, 0.15) is 26.2 Å². The van der Waals surface area contributed by atoms with Gasteiger partial charge in [-0.05, 0) is 37.5 Å². The van der Waals surface area contributed by atoms with Crippen LogP contribution in [0.4, 0.5) is 0 Å². The Balaban J connectivity index is 1.96. The zero-order chi connectivity index (χ0) is 11.4. The molecule has 2 aliphatic heterocycles. The molecule has 0 aromatic rings. The molecule has 0 bridgehead atoms. The number of nitrogens with zero attached hydrogens (tertiary/aromatic N) is 1. The molecule has 1 unspecified atom stereocenters. The summed E-state index contributed by atoms with van der Waals surface area (Å²) in [7, 11) is 0. The number of nitrogens with one attached hydrogen (secondary N) is 2. The van der Waals surface area contributed by atoms with Crippen LogP contribution in [0.5, 0.6) is 0 Å². The minimum atomic E-state index is 0.263. The highest BCUT2D eigenvalue weighted by molar-refractivity contribution is 5.29. The van der Waals surface area contributed by atoms with Gasteiger partial charge in [0.05, 0.1) is 6.17 Å². The molecule has 2 aliphatic rings. The lowest BCUT2D eigenvalue weighted by Gasteiger charge is -2.35. The summed E-state index contributed by atoms with van der Waals surface area (Å²) in [6, 6.07) is 0. The maximum atomic E-state index is 4.13. The third-order valence-corrected chi connectivity index (χ3v) is 3.38. The third-order valence-electron chi connectivity index (χ3n) is 3.38. The molecule has 0 aromatic carbocycles. The smallest absolute Gasteiger partial charge is 0.0833 e. The van der Waals surface area contributed by atoms with Crippen molar-refractivity contribution in [3.8, 4) is 0 Å². The maximum absolute atomic E-state index is 4.13. The number of likely N-dealkylation sites (N-methyl/N-ethyl adjacent to an activating group) is 1. The van der Waals surface area contributed by atoms with Gasteiger partial charge < -0.3 is 4.90 Å². The number of rotatable bonds is 3. The molecule has 0 radical (unpaired) electrons. The highest BCUT2D eigenvalue weighted by atomic mass is 15.2. The molecule has 1 atom stereocenters. The van der Waals surface area contributed by atoms with Crippen LogP contribution in [-0.2, 0) is 0 Å². The average Bonchev–Trinajstić information content (AvgIpc) is 2.33. The number of piperidine rings is 1. The summed E-state index contributed by atoms with van der Waals surface area (Å²) in [4.78, 5) is 2.50. The molecule has 2 N–H and O–H groups in total. The molecule has 1 saturated heterocycles. The van der Waals surface area contributed by atoms with Crippen molar-refractivity contribution in [3.63, 3.8) is 0 Å². The molecule has 3 heteroatoms. The molecule has 90 valence electrons. The lowest BCUT2D eigenvalue weighted by atomic mass is 10.1. The molecule has 2 rings (SSSR count). The van der Waals surface area contributed by atoms with Crippen molar-refractivity contribution in [2.24, 2.45) is 0 Å². The minimum absolute atomic E-state index is 0.263. The number of hydrogen-bond acceptors (Lipinski definition) is 3. The zero-order valence-corrected chi connectivity index (χ0v) is 10.3. The van der Waals surface area contributed by atoms with Gasteiger partial charge in [-0.3, -0.25) is 10.6 Å². The number of likely N-dealkylation sites (tertiary alicyclic amines) is 1. The Labute approximate surface area is 98.6 Å². The third kappa shape index (κ3) is 2.66. The van der Waals surface area contributed by atoms with Crippen LogP contribution < -0.4 is 10.6 Å². The van der Waals surface area contributed by atoms with Crippen molar-refractivity contribution >= 4 is 0 Å². The van der Waals surface area contributed by atoms with E-state index in [1.165, 1.54) is 38.0 Å². The minimum Gasteiger partial charge on any atom is -0.374 e. The first-order valence-corrected chi connectivity index (χ1v) is 6.42. The highest BCUT2D eigenvalue weighted by Gasteiger charge is 2.20. The molecule has 0 aliphatic carbocycles. The lowest BCUT2D eigenvalue weighted by molar-refractivity contribution is 0.271. The largest absolute Gasteiger partial charge is 0.374 e. The Bertz CT molecular complexity index is 277. The SMILES string of the molecule is C=C1C=C(N2CCCCC2)CNC1NCC. The predicted molar refractivity (Wildman–Crippen MR) is 68.1 cm³/mol. The Kier molecular flexibility index (Phi) is 4.02. The Morgan fingerprint density at radius 2 is 2.19 bits per heavy atom. The van der Waals surface area contributed by atoms with Gasteiger partial charge in [0.15, 0.2) is 0 Å². The summed E-state index contributed by atoms with van der Waals surface area (Å²) >= 11 is 0. The van der Waals surface area contributed by atoms with Crippen molar-refractivity contribution < 1.29 is 0 Å². The van der Waals surface area contributed by atoms with Crippen molar-refractivity contribution in [2.75, 3.05) is 26.2 Å². The van der Waals surface area contributed by atoms with Crippen molar-refractivity contribution in [2.45, 2.75) is 32.4 Å². The van der Waals surface area contributed by atoms with E-state index >= 15 is 0 Å². The first-order valence-electron chi connectivity index (χ1n) is 6.42. The quantitative estimate of drug-likeness (QED) is 0.755. The van der Waals surface area contributed by atoms with Gasteiger partial charge in [-0.15, -0.1) is 0 Å². The first kappa shape index (κ1) is 11.7. The lowest BCUT2D eigenvalue weighted by Crippen LogP contribution is -2.48. The van der Waals surface area contributed by atoms with Gasteiger partial charge in [-0.1, -0.05) is 13.5 Å². The van der Waals surface area contributed by atoms with Crippen LogP contribution in [0.2, 0.25) is 0 Å². The van der Waals surface area contributed by atoms with Crippen LogP contribution in [0.25, 0.3) is 0 Å². The van der Waals surface area contributed by atoms with Crippen molar-refractivity contribution in [1.29, 1.82) is 0 Å². The van der Waals surface area contributed by atoms with E-state index in [0.29, 0.717) is 0 Å². The molecule has 0 aromatic heterocycles. The molecule has 3 nitrogen and oxygen atoms in total. The van der Waals surface area contributed by atoms with Crippen molar-refractivity contribution in [3.05, 3.63) is 23.9 Å². The predicted octanol–water partition coefficient (Wildman–Crippen LogP) is 1.45. The second kappa shape index (κ2) is 5.51. The van der Waals surface area contributed by atoms with Crippen LogP contribution in [-0.4, -0.2) is 37.2 Å². The van der Waals surface area contributed by atoms with E-state index in [4.69, 9.17) is 0 Å². The van der Waals surface area contributed by atoms with E-state index in [-0.39, 0.29) is 6.17 Å². The van der Waals surface area contributed by atoms with Gasteiger partial charge in [-0.25, -0.2) is 0 Å². The molecule has 1 fully saturated rings. The zero-order valence-electron chi connectivity index (χ0n) is 10.3. The highest BCUT2D eigenvalue weighted by Crippen LogP contribution is 2.18. The Morgan fingerprint density at radius 1 is 1.44 bits per heavy atom. The van der Waals surface area contributed by atoms with Crippen LogP contribution >= 0.6 is 0 Å². The first-order chi connectivity index (χ1) is 7.81. The fraction of sp³-hybridized carbons (Fsp3) is 0.692. The van der Waals surface area contributed by atoms with E-state index < -0.39 is 0 Å². The molecule has 0 amide bonds. The topological polar surface area (TPSA) is 27.3 Å². The molecule has 16 heavy (non-hydrogen) atoms. The number of hydrogen-bond donors (Lipinski definition) is 2. The fourth-order valence-corrected chi connectivity index (χ4v) is 2.48. The van der Waals surface area contributed by atoms with Crippen LogP contribution in [0, 0.1) is 0 Å². The summed E-state index contributed by atoms with van der Waals surface area (Å²) in [6.45, 7) is 10.6. The molecule has 2 heterocycles. The van der Waals surface area contributed by atoms with Gasteiger partial charge in [0, 0.05) is 25.3 Å². The average molecular weight is 221 g/mol. The second-order valence-corrected chi connectivity index (χ2v) is 4.63. The second-order valence-electron chi connectivity index (χ2n) is 4.63. The standard InChI is InChI=1S/C13H23N3/c1-3-14-13-11(2)9-12(10-15-13)16-7-5-4-6-8-16/h9,13-15H,2-8,10H2,1H3. The Morgan fingerprint density at radius 3 is 2.81 bits per heavy atom. The van der Waals surface area contributed by atoms with E-state index in [0.717, 1.165) is 18.7 Å². The monoisotopic (exact) mass is 221 g/mol. The van der Waals surface area contributed by atoms with Gasteiger partial charge in [0.1, 0.15) is 0 Å². The summed E-state index contributed by atoms with van der Waals surface area (Å²) in [6.07, 6.45) is 6.58. The fourth-order valence-electron chi connectivity index (χ4n) is 2.48.